The van der Waals surface area contributed by atoms with Crippen LogP contribution in [0.2, 0.25) is 0 Å². The smallest absolute Gasteiger partial charge is 0.338 e. The van der Waals surface area contributed by atoms with Gasteiger partial charge in [0.25, 0.3) is 0 Å². The van der Waals surface area contributed by atoms with Crippen molar-refractivity contribution in [1.29, 1.82) is 0 Å². The summed E-state index contributed by atoms with van der Waals surface area (Å²) in [7, 11) is -4.10. The first kappa shape index (κ1) is 13.9. The zero-order chi connectivity index (χ0) is 14.2. The van der Waals surface area contributed by atoms with Crippen molar-refractivity contribution >= 4 is 16.0 Å². The molecule has 0 amide bonds. The van der Waals surface area contributed by atoms with Crippen LogP contribution in [-0.4, -0.2) is 33.7 Å². The molecule has 0 atom stereocenters. The summed E-state index contributed by atoms with van der Waals surface area (Å²) >= 11 is 0. The Labute approximate surface area is 109 Å². The first-order valence-electron chi connectivity index (χ1n) is 5.40. The van der Waals surface area contributed by atoms with E-state index in [-0.39, 0.29) is 30.4 Å². The summed E-state index contributed by atoms with van der Waals surface area (Å²) in [5.74, 6) is -1.67. The molecular formula is C11H12FNO5S. The Kier molecular flexibility index (Phi) is 3.57. The minimum Gasteiger partial charge on any atom is -0.454 e. The van der Waals surface area contributed by atoms with Gasteiger partial charge in [-0.1, -0.05) is 0 Å². The van der Waals surface area contributed by atoms with Crippen molar-refractivity contribution in [2.24, 2.45) is 5.14 Å². The third kappa shape index (κ3) is 2.91. The summed E-state index contributed by atoms with van der Waals surface area (Å²) < 4.78 is 45.8. The highest BCUT2D eigenvalue weighted by atomic mass is 32.2. The second-order valence-corrected chi connectivity index (χ2v) is 5.72. The number of carbonyl (C=O) groups excluding carboxylic acids is 1. The van der Waals surface area contributed by atoms with Crippen molar-refractivity contribution in [3.8, 4) is 0 Å². The van der Waals surface area contributed by atoms with Gasteiger partial charge in [0.1, 0.15) is 11.9 Å². The van der Waals surface area contributed by atoms with E-state index in [9.17, 15) is 17.6 Å². The highest BCUT2D eigenvalue weighted by Crippen LogP contribution is 2.22. The second kappa shape index (κ2) is 4.87. The normalized spacial score (nSPS) is 15.9. The van der Waals surface area contributed by atoms with Crippen molar-refractivity contribution in [2.75, 3.05) is 13.2 Å². The summed E-state index contributed by atoms with van der Waals surface area (Å²) in [6, 6.07) is 1.69. The SMILES string of the molecule is Cc1c(C(=O)OC2COC2)cc(F)cc1S(N)(=O)=O. The number of rotatable bonds is 3. The summed E-state index contributed by atoms with van der Waals surface area (Å²) in [4.78, 5) is 11.4. The molecule has 6 nitrogen and oxygen atoms in total. The topological polar surface area (TPSA) is 95.7 Å². The zero-order valence-corrected chi connectivity index (χ0v) is 10.9. The van der Waals surface area contributed by atoms with E-state index in [0.29, 0.717) is 0 Å². The minimum atomic E-state index is -4.10. The van der Waals surface area contributed by atoms with Crippen LogP contribution < -0.4 is 5.14 Å². The molecule has 0 radical (unpaired) electrons. The van der Waals surface area contributed by atoms with Crippen molar-refractivity contribution in [2.45, 2.75) is 17.9 Å². The van der Waals surface area contributed by atoms with E-state index in [1.54, 1.807) is 0 Å². The molecule has 0 aliphatic carbocycles. The van der Waals surface area contributed by atoms with Gasteiger partial charge in [-0.05, 0) is 24.6 Å². The maximum atomic E-state index is 13.4. The fourth-order valence-corrected chi connectivity index (χ4v) is 2.47. The molecule has 1 aromatic carbocycles. The number of esters is 1. The molecule has 19 heavy (non-hydrogen) atoms. The molecule has 1 aliphatic rings. The van der Waals surface area contributed by atoms with Crippen LogP contribution in [-0.2, 0) is 19.5 Å². The number of sulfonamides is 1. The Balaban J connectivity index is 2.39. The second-order valence-electron chi connectivity index (χ2n) is 4.19. The van der Waals surface area contributed by atoms with Gasteiger partial charge in [0.2, 0.25) is 10.0 Å². The van der Waals surface area contributed by atoms with Crippen molar-refractivity contribution in [3.63, 3.8) is 0 Å². The van der Waals surface area contributed by atoms with Gasteiger partial charge in [-0.25, -0.2) is 22.7 Å². The summed E-state index contributed by atoms with van der Waals surface area (Å²) in [5, 5.41) is 4.97. The summed E-state index contributed by atoms with van der Waals surface area (Å²) in [6.45, 7) is 1.93. The lowest BCUT2D eigenvalue weighted by molar-refractivity contribution is -0.103. The number of ether oxygens (including phenoxy) is 2. The molecule has 0 aromatic heterocycles. The lowest BCUT2D eigenvalue weighted by Crippen LogP contribution is -2.38. The molecule has 0 unspecified atom stereocenters. The van der Waals surface area contributed by atoms with E-state index in [0.717, 1.165) is 12.1 Å². The number of nitrogens with two attached hydrogens (primary N) is 1. The maximum absolute atomic E-state index is 13.4. The van der Waals surface area contributed by atoms with Crippen molar-refractivity contribution in [1.82, 2.24) is 0 Å². The average Bonchev–Trinajstić information content (AvgIpc) is 2.24. The molecular weight excluding hydrogens is 277 g/mol. The Bertz CT molecular complexity index is 624. The van der Waals surface area contributed by atoms with Gasteiger partial charge < -0.3 is 9.47 Å². The molecule has 1 aromatic rings. The highest BCUT2D eigenvalue weighted by Gasteiger charge is 2.26. The summed E-state index contributed by atoms with van der Waals surface area (Å²) in [6.07, 6.45) is -0.381. The quantitative estimate of drug-likeness (QED) is 0.809. The zero-order valence-electron chi connectivity index (χ0n) is 10.1. The van der Waals surface area contributed by atoms with E-state index in [4.69, 9.17) is 14.6 Å². The number of halogens is 1. The van der Waals surface area contributed by atoms with Gasteiger partial charge in [0, 0.05) is 0 Å². The lowest BCUT2D eigenvalue weighted by atomic mass is 10.1. The van der Waals surface area contributed by atoms with Crippen LogP contribution in [0.5, 0.6) is 0 Å². The molecule has 0 spiro atoms. The van der Waals surface area contributed by atoms with Crippen LogP contribution in [0.25, 0.3) is 0 Å². The molecule has 1 aliphatic heterocycles. The third-order valence-electron chi connectivity index (χ3n) is 2.73. The van der Waals surface area contributed by atoms with E-state index >= 15 is 0 Å². The fraction of sp³-hybridized carbons (Fsp3) is 0.364. The lowest BCUT2D eigenvalue weighted by Gasteiger charge is -2.26. The van der Waals surface area contributed by atoms with Gasteiger partial charge >= 0.3 is 5.97 Å². The largest absolute Gasteiger partial charge is 0.454 e. The summed E-state index contributed by atoms with van der Waals surface area (Å²) in [5.41, 5.74) is -0.0925. The predicted octanol–water partition coefficient (Wildman–Crippen LogP) is 0.337. The Morgan fingerprint density at radius 1 is 1.47 bits per heavy atom. The van der Waals surface area contributed by atoms with E-state index in [1.807, 2.05) is 0 Å². The minimum absolute atomic E-state index is 0.0640. The molecule has 0 bridgehead atoms. The van der Waals surface area contributed by atoms with Crippen LogP contribution in [0.3, 0.4) is 0 Å². The van der Waals surface area contributed by atoms with Gasteiger partial charge in [-0.3, -0.25) is 0 Å². The van der Waals surface area contributed by atoms with Gasteiger partial charge in [-0.2, -0.15) is 0 Å². The van der Waals surface area contributed by atoms with Crippen LogP contribution in [0, 0.1) is 12.7 Å². The van der Waals surface area contributed by atoms with Crippen molar-refractivity contribution < 1.29 is 27.1 Å². The highest BCUT2D eigenvalue weighted by molar-refractivity contribution is 7.89. The van der Waals surface area contributed by atoms with Crippen LogP contribution in [0.1, 0.15) is 15.9 Å². The molecule has 1 fully saturated rings. The molecule has 2 rings (SSSR count). The van der Waals surface area contributed by atoms with Crippen LogP contribution >= 0.6 is 0 Å². The number of primary sulfonamides is 1. The Morgan fingerprint density at radius 2 is 2.11 bits per heavy atom. The molecule has 8 heteroatoms. The number of carbonyl (C=O) groups is 1. The Morgan fingerprint density at radius 3 is 2.58 bits per heavy atom. The number of benzene rings is 1. The van der Waals surface area contributed by atoms with Crippen molar-refractivity contribution in [3.05, 3.63) is 29.1 Å². The van der Waals surface area contributed by atoms with Gasteiger partial charge in [0.15, 0.2) is 0 Å². The molecule has 0 saturated carbocycles. The predicted molar refractivity (Wildman–Crippen MR) is 62.5 cm³/mol. The van der Waals surface area contributed by atoms with E-state index < -0.39 is 26.7 Å². The number of hydrogen-bond acceptors (Lipinski definition) is 5. The van der Waals surface area contributed by atoms with Gasteiger partial charge in [0.05, 0.1) is 23.7 Å². The standard InChI is InChI=1S/C11H12FNO5S/c1-6-9(11(14)18-8-4-17-5-8)2-7(12)3-10(6)19(13,15)16/h2-3,8H,4-5H2,1H3,(H2,13,15,16). The van der Waals surface area contributed by atoms with E-state index in [2.05, 4.69) is 0 Å². The van der Waals surface area contributed by atoms with E-state index in [1.165, 1.54) is 6.92 Å². The van der Waals surface area contributed by atoms with Crippen LogP contribution in [0.15, 0.2) is 17.0 Å². The molecule has 1 saturated heterocycles. The maximum Gasteiger partial charge on any atom is 0.338 e. The first-order valence-corrected chi connectivity index (χ1v) is 6.95. The third-order valence-corrected chi connectivity index (χ3v) is 3.77. The Hall–Kier alpha value is -1.51. The molecule has 104 valence electrons. The fourth-order valence-electron chi connectivity index (χ4n) is 1.66. The average molecular weight is 289 g/mol. The van der Waals surface area contributed by atoms with Gasteiger partial charge in [-0.15, -0.1) is 0 Å². The van der Waals surface area contributed by atoms with Crippen LogP contribution in [0.4, 0.5) is 4.39 Å². The number of hydrogen-bond donors (Lipinski definition) is 1. The monoisotopic (exact) mass is 289 g/mol. The molecule has 1 heterocycles. The molecule has 2 N–H and O–H groups in total. The first-order chi connectivity index (χ1) is 8.79.